The van der Waals surface area contributed by atoms with Gasteiger partial charge < -0.3 is 25.0 Å². The summed E-state index contributed by atoms with van der Waals surface area (Å²) >= 11 is 0. The fourth-order valence-electron chi connectivity index (χ4n) is 4.25. The van der Waals surface area contributed by atoms with Crippen LogP contribution >= 0.6 is 0 Å². The molecule has 2 aliphatic heterocycles. The molecule has 0 aromatic heterocycles. The van der Waals surface area contributed by atoms with Gasteiger partial charge in [0.25, 0.3) is 11.8 Å². The van der Waals surface area contributed by atoms with Gasteiger partial charge in [0.1, 0.15) is 24.3 Å². The van der Waals surface area contributed by atoms with E-state index < -0.39 is 11.7 Å². The molecule has 1 fully saturated rings. The number of carbonyl (C=O) groups is 3. The van der Waals surface area contributed by atoms with Gasteiger partial charge >= 0.3 is 0 Å². The van der Waals surface area contributed by atoms with E-state index in [2.05, 4.69) is 10.6 Å². The van der Waals surface area contributed by atoms with Crippen LogP contribution in [0.1, 0.15) is 40.0 Å². The van der Waals surface area contributed by atoms with Crippen LogP contribution in [0.5, 0.6) is 5.75 Å². The average molecular weight is 455 g/mol. The van der Waals surface area contributed by atoms with Crippen LogP contribution in [-0.4, -0.2) is 61.6 Å². The zero-order valence-corrected chi connectivity index (χ0v) is 18.5. The van der Waals surface area contributed by atoms with Gasteiger partial charge in [0.2, 0.25) is 5.91 Å². The second-order valence-electron chi connectivity index (χ2n) is 8.22. The first-order valence-electron chi connectivity index (χ1n) is 10.8. The van der Waals surface area contributed by atoms with Crippen molar-refractivity contribution in [2.75, 3.05) is 26.0 Å². The maximum atomic E-state index is 13.4. The largest absolute Gasteiger partial charge is 0.490 e. The molecule has 0 saturated carbocycles. The summed E-state index contributed by atoms with van der Waals surface area (Å²) in [4.78, 5) is 39.1. The zero-order chi connectivity index (χ0) is 23.5. The van der Waals surface area contributed by atoms with Crippen LogP contribution in [0.15, 0.2) is 42.5 Å². The van der Waals surface area contributed by atoms with Crippen molar-refractivity contribution in [3.63, 3.8) is 0 Å². The van der Waals surface area contributed by atoms with E-state index in [-0.39, 0.29) is 48.7 Å². The number of hydrogen-bond acceptors (Lipinski definition) is 5. The standard InChI is InChI=1S/C24H26FN3O5/c1-26-22(29)12-17-7-8-19-21(33-17)13-32-20-9-6-16(11-18(20)24(31)28(19)2)27-23(30)14-4-3-5-15(25)10-14/h3-6,9-11,17,19,21H,7-8,12-13H2,1-2H3,(H,26,29)(H,27,30)/t17-,19+,21+/m1/s1. The molecule has 8 nitrogen and oxygen atoms in total. The number of rotatable bonds is 4. The molecule has 2 aromatic rings. The van der Waals surface area contributed by atoms with Crippen molar-refractivity contribution >= 4 is 23.4 Å². The summed E-state index contributed by atoms with van der Waals surface area (Å²) in [6.45, 7) is 0.231. The van der Waals surface area contributed by atoms with Gasteiger partial charge in [-0.1, -0.05) is 6.07 Å². The molecular formula is C24H26FN3O5. The fraction of sp³-hybridized carbons (Fsp3) is 0.375. The smallest absolute Gasteiger partial charge is 0.257 e. The van der Waals surface area contributed by atoms with Gasteiger partial charge in [-0.3, -0.25) is 14.4 Å². The molecule has 0 bridgehead atoms. The Bertz CT molecular complexity index is 1080. The van der Waals surface area contributed by atoms with E-state index in [0.717, 1.165) is 6.07 Å². The Labute approximate surface area is 191 Å². The lowest BCUT2D eigenvalue weighted by molar-refractivity contribution is -0.133. The highest BCUT2D eigenvalue weighted by molar-refractivity contribution is 6.05. The van der Waals surface area contributed by atoms with Crippen molar-refractivity contribution in [3.05, 3.63) is 59.4 Å². The zero-order valence-electron chi connectivity index (χ0n) is 18.5. The third-order valence-electron chi connectivity index (χ3n) is 6.05. The van der Waals surface area contributed by atoms with Crippen LogP contribution in [0, 0.1) is 5.82 Å². The molecular weight excluding hydrogens is 429 g/mol. The van der Waals surface area contributed by atoms with E-state index in [1.807, 2.05) is 0 Å². The van der Waals surface area contributed by atoms with E-state index in [4.69, 9.17) is 9.47 Å². The number of nitrogens with zero attached hydrogens (tertiary/aromatic N) is 1. The van der Waals surface area contributed by atoms with Crippen molar-refractivity contribution in [3.8, 4) is 5.75 Å². The molecule has 2 aromatic carbocycles. The highest BCUT2D eigenvalue weighted by atomic mass is 19.1. The molecule has 0 aliphatic carbocycles. The normalized spacial score (nSPS) is 22.2. The number of fused-ring (bicyclic) bond motifs is 2. The van der Waals surface area contributed by atoms with Crippen LogP contribution < -0.4 is 15.4 Å². The summed E-state index contributed by atoms with van der Waals surface area (Å²) < 4.78 is 25.5. The van der Waals surface area contributed by atoms with Crippen LogP contribution in [0.3, 0.4) is 0 Å². The highest BCUT2D eigenvalue weighted by Gasteiger charge is 2.39. The van der Waals surface area contributed by atoms with Crippen molar-refractivity contribution in [2.45, 2.75) is 37.5 Å². The second kappa shape index (κ2) is 9.58. The fourth-order valence-corrected chi connectivity index (χ4v) is 4.25. The van der Waals surface area contributed by atoms with E-state index in [1.54, 1.807) is 37.2 Å². The number of nitrogens with one attached hydrogen (secondary N) is 2. The Morgan fingerprint density at radius 1 is 1.18 bits per heavy atom. The van der Waals surface area contributed by atoms with Gasteiger partial charge in [0.05, 0.1) is 24.1 Å². The summed E-state index contributed by atoms with van der Waals surface area (Å²) in [6.07, 6.45) is 1.02. The minimum absolute atomic E-state index is 0.0900. The number of ether oxygens (including phenoxy) is 2. The predicted octanol–water partition coefficient (Wildman–Crippen LogP) is 2.59. The number of amides is 3. The number of hydrogen-bond donors (Lipinski definition) is 2. The Morgan fingerprint density at radius 3 is 2.76 bits per heavy atom. The van der Waals surface area contributed by atoms with Crippen molar-refractivity contribution < 1.29 is 28.2 Å². The number of carbonyl (C=O) groups excluding carboxylic acids is 3. The predicted molar refractivity (Wildman–Crippen MR) is 119 cm³/mol. The molecule has 4 rings (SSSR count). The number of halogens is 1. The minimum Gasteiger partial charge on any atom is -0.490 e. The summed E-state index contributed by atoms with van der Waals surface area (Å²) in [7, 11) is 3.31. The van der Waals surface area contributed by atoms with Gasteiger partial charge in [-0.2, -0.15) is 0 Å². The quantitative estimate of drug-likeness (QED) is 0.739. The Balaban J connectivity index is 1.52. The summed E-state index contributed by atoms with van der Waals surface area (Å²) in [5.74, 6) is -0.952. The van der Waals surface area contributed by atoms with Gasteiger partial charge in [-0.05, 0) is 49.2 Å². The maximum absolute atomic E-state index is 13.4. The molecule has 9 heteroatoms. The van der Waals surface area contributed by atoms with Crippen molar-refractivity contribution in [1.29, 1.82) is 0 Å². The topological polar surface area (TPSA) is 97.0 Å². The van der Waals surface area contributed by atoms with Gasteiger partial charge in [-0.25, -0.2) is 4.39 Å². The molecule has 0 radical (unpaired) electrons. The van der Waals surface area contributed by atoms with Crippen LogP contribution in [0.2, 0.25) is 0 Å². The first-order chi connectivity index (χ1) is 15.9. The third kappa shape index (κ3) is 4.98. The molecule has 174 valence electrons. The molecule has 33 heavy (non-hydrogen) atoms. The summed E-state index contributed by atoms with van der Waals surface area (Å²) in [5, 5.41) is 5.30. The van der Waals surface area contributed by atoms with E-state index >= 15 is 0 Å². The molecule has 3 amide bonds. The van der Waals surface area contributed by atoms with Gasteiger partial charge in [0, 0.05) is 25.3 Å². The Morgan fingerprint density at radius 2 is 2.00 bits per heavy atom. The molecule has 3 atom stereocenters. The molecule has 2 heterocycles. The lowest BCUT2D eigenvalue weighted by Gasteiger charge is -2.42. The lowest BCUT2D eigenvalue weighted by Crippen LogP contribution is -2.53. The SMILES string of the molecule is CNC(=O)C[C@H]1CC[C@H]2[C@H](COc3ccc(NC(=O)c4cccc(F)c4)cc3C(=O)N2C)O1. The van der Waals surface area contributed by atoms with Crippen molar-refractivity contribution in [1.82, 2.24) is 10.2 Å². The van der Waals surface area contributed by atoms with Crippen molar-refractivity contribution in [2.24, 2.45) is 0 Å². The lowest BCUT2D eigenvalue weighted by atomic mass is 9.94. The minimum atomic E-state index is -0.507. The first kappa shape index (κ1) is 22.7. The number of anilines is 1. The Kier molecular flexibility index (Phi) is 6.60. The summed E-state index contributed by atoms with van der Waals surface area (Å²) in [5.41, 5.74) is 0.895. The first-order valence-corrected chi connectivity index (χ1v) is 10.8. The monoisotopic (exact) mass is 455 g/mol. The summed E-state index contributed by atoms with van der Waals surface area (Å²) in [6, 6.07) is 9.98. The molecule has 2 N–H and O–H groups in total. The Hall–Kier alpha value is -3.46. The van der Waals surface area contributed by atoms with E-state index in [1.165, 1.54) is 18.2 Å². The van der Waals surface area contributed by atoms with Crippen LogP contribution in [-0.2, 0) is 9.53 Å². The van der Waals surface area contributed by atoms with Gasteiger partial charge in [0.15, 0.2) is 0 Å². The average Bonchev–Trinajstić information content (AvgIpc) is 2.81. The highest BCUT2D eigenvalue weighted by Crippen LogP contribution is 2.32. The number of likely N-dealkylation sites (N-methyl/N-ethyl adjacent to an activating group) is 1. The molecule has 0 spiro atoms. The van der Waals surface area contributed by atoms with E-state index in [0.29, 0.717) is 29.8 Å². The van der Waals surface area contributed by atoms with Gasteiger partial charge in [-0.15, -0.1) is 0 Å². The second-order valence-corrected chi connectivity index (χ2v) is 8.22. The molecule has 2 aliphatic rings. The number of benzene rings is 2. The van der Waals surface area contributed by atoms with E-state index in [9.17, 15) is 18.8 Å². The maximum Gasteiger partial charge on any atom is 0.257 e. The van der Waals surface area contributed by atoms with Crippen LogP contribution in [0.25, 0.3) is 0 Å². The third-order valence-corrected chi connectivity index (χ3v) is 6.05. The van der Waals surface area contributed by atoms with Crippen LogP contribution in [0.4, 0.5) is 10.1 Å². The molecule has 1 saturated heterocycles. The molecule has 0 unspecified atom stereocenters.